The highest BCUT2D eigenvalue weighted by molar-refractivity contribution is 6.14. The summed E-state index contributed by atoms with van der Waals surface area (Å²) in [7, 11) is 0. The van der Waals surface area contributed by atoms with Gasteiger partial charge in [0.25, 0.3) is 0 Å². The van der Waals surface area contributed by atoms with Gasteiger partial charge in [-0.2, -0.15) is 0 Å². The van der Waals surface area contributed by atoms with Crippen molar-refractivity contribution < 1.29 is 4.92 Å². The molecular weight excluding hydrogens is 372 g/mol. The van der Waals surface area contributed by atoms with Crippen LogP contribution in [0.3, 0.4) is 0 Å². The lowest BCUT2D eigenvalue weighted by molar-refractivity contribution is -0.382. The van der Waals surface area contributed by atoms with Crippen molar-refractivity contribution in [1.82, 2.24) is 4.57 Å². The van der Waals surface area contributed by atoms with Gasteiger partial charge in [-0.1, -0.05) is 78.9 Å². The minimum atomic E-state index is -0.232. The van der Waals surface area contributed by atoms with Gasteiger partial charge in [0, 0.05) is 22.8 Å². The molecule has 0 radical (unpaired) electrons. The van der Waals surface area contributed by atoms with E-state index in [-0.39, 0.29) is 10.6 Å². The van der Waals surface area contributed by atoms with Gasteiger partial charge in [-0.25, -0.2) is 0 Å². The first kappa shape index (κ1) is 18.1. The van der Waals surface area contributed by atoms with Crippen LogP contribution in [0.1, 0.15) is 11.1 Å². The average Bonchev–Trinajstić information content (AvgIpc) is 3.09. The molecule has 1 aromatic heterocycles. The Labute approximate surface area is 174 Å². The molecule has 4 nitrogen and oxygen atoms in total. The van der Waals surface area contributed by atoms with Crippen LogP contribution >= 0.6 is 0 Å². The summed E-state index contributed by atoms with van der Waals surface area (Å²) in [5, 5.41) is 14.4. The number of rotatable bonds is 4. The van der Waals surface area contributed by atoms with Crippen LogP contribution in [0, 0.1) is 17.0 Å². The molecule has 0 fully saturated rings. The van der Waals surface area contributed by atoms with E-state index < -0.39 is 0 Å². The number of nitro benzene ring substituents is 1. The molecule has 0 amide bonds. The maximum atomic E-state index is 12.4. The van der Waals surface area contributed by atoms with Crippen LogP contribution in [-0.4, -0.2) is 9.49 Å². The molecule has 0 aliphatic heterocycles. The van der Waals surface area contributed by atoms with E-state index in [0.29, 0.717) is 17.6 Å². The van der Waals surface area contributed by atoms with E-state index in [0.717, 1.165) is 33.0 Å². The molecule has 0 saturated carbocycles. The fourth-order valence-corrected chi connectivity index (χ4v) is 4.39. The summed E-state index contributed by atoms with van der Waals surface area (Å²) in [5.41, 5.74) is 5.51. The predicted molar refractivity (Wildman–Crippen MR) is 122 cm³/mol. The van der Waals surface area contributed by atoms with Crippen molar-refractivity contribution in [2.75, 3.05) is 0 Å². The van der Waals surface area contributed by atoms with Gasteiger partial charge in [0.15, 0.2) is 0 Å². The number of hydrogen-bond donors (Lipinski definition) is 0. The molecule has 146 valence electrons. The fraction of sp³-hybridized carbons (Fsp3) is 0.0769. The molecule has 5 rings (SSSR count). The van der Waals surface area contributed by atoms with Crippen molar-refractivity contribution in [3.8, 4) is 11.1 Å². The summed E-state index contributed by atoms with van der Waals surface area (Å²) >= 11 is 0. The Morgan fingerprint density at radius 1 is 0.867 bits per heavy atom. The molecule has 0 aliphatic carbocycles. The second kappa shape index (κ2) is 7.16. The molecule has 4 heteroatoms. The fourth-order valence-electron chi connectivity index (χ4n) is 4.39. The summed E-state index contributed by atoms with van der Waals surface area (Å²) in [6, 6.07) is 29.7. The zero-order chi connectivity index (χ0) is 20.7. The molecular formula is C26H20N2O2. The van der Waals surface area contributed by atoms with Crippen LogP contribution in [0.25, 0.3) is 32.9 Å². The maximum absolute atomic E-state index is 12.4. The third-order valence-corrected chi connectivity index (χ3v) is 5.66. The summed E-state index contributed by atoms with van der Waals surface area (Å²) in [6.45, 7) is 2.61. The minimum Gasteiger partial charge on any atom is -0.330 e. The predicted octanol–water partition coefficient (Wildman–Crippen LogP) is 6.73. The van der Waals surface area contributed by atoms with Gasteiger partial charge in [-0.15, -0.1) is 0 Å². The van der Waals surface area contributed by atoms with E-state index >= 15 is 0 Å². The zero-order valence-corrected chi connectivity index (χ0v) is 16.6. The van der Waals surface area contributed by atoms with Crippen molar-refractivity contribution in [2.45, 2.75) is 13.5 Å². The topological polar surface area (TPSA) is 48.1 Å². The molecule has 30 heavy (non-hydrogen) atoms. The molecule has 5 aromatic rings. The Bertz CT molecular complexity index is 1390. The van der Waals surface area contributed by atoms with Gasteiger partial charge >= 0.3 is 5.69 Å². The van der Waals surface area contributed by atoms with Crippen molar-refractivity contribution >= 4 is 27.5 Å². The first-order valence-corrected chi connectivity index (χ1v) is 9.93. The third kappa shape index (κ3) is 2.85. The van der Waals surface area contributed by atoms with Crippen LogP contribution in [0.5, 0.6) is 0 Å². The lowest BCUT2D eigenvalue weighted by atomic mass is 9.97. The Morgan fingerprint density at radius 2 is 1.50 bits per heavy atom. The quantitative estimate of drug-likeness (QED) is 0.252. The van der Waals surface area contributed by atoms with Crippen LogP contribution in [-0.2, 0) is 6.54 Å². The Morgan fingerprint density at radius 3 is 2.20 bits per heavy atom. The van der Waals surface area contributed by atoms with Crippen molar-refractivity contribution in [2.24, 2.45) is 0 Å². The maximum Gasteiger partial charge on any atom is 0.301 e. The number of hydrogen-bond acceptors (Lipinski definition) is 2. The third-order valence-electron chi connectivity index (χ3n) is 5.66. The summed E-state index contributed by atoms with van der Waals surface area (Å²) in [5.74, 6) is 0. The van der Waals surface area contributed by atoms with E-state index in [9.17, 15) is 10.1 Å². The minimum absolute atomic E-state index is 0.161. The van der Waals surface area contributed by atoms with Crippen molar-refractivity contribution in [1.29, 1.82) is 0 Å². The molecule has 0 aliphatic rings. The number of aryl methyl sites for hydroxylation is 1. The number of fused-ring (bicyclic) bond motifs is 3. The van der Waals surface area contributed by atoms with E-state index in [1.165, 1.54) is 0 Å². The molecule has 0 unspecified atom stereocenters. The highest BCUT2D eigenvalue weighted by Crippen LogP contribution is 2.43. The Balaban J connectivity index is 1.94. The second-order valence-corrected chi connectivity index (χ2v) is 7.53. The Hall–Kier alpha value is -3.92. The Kier molecular flexibility index (Phi) is 4.32. The van der Waals surface area contributed by atoms with Crippen molar-refractivity contribution in [3.05, 3.63) is 112 Å². The lowest BCUT2D eigenvalue weighted by Gasteiger charge is -2.11. The molecule has 0 spiro atoms. The first-order valence-electron chi connectivity index (χ1n) is 9.93. The zero-order valence-electron chi connectivity index (χ0n) is 16.6. The number of benzene rings is 4. The molecule has 0 bridgehead atoms. The van der Waals surface area contributed by atoms with E-state index in [1.807, 2.05) is 79.7 Å². The van der Waals surface area contributed by atoms with Crippen molar-refractivity contribution in [3.63, 3.8) is 0 Å². The van der Waals surface area contributed by atoms with Gasteiger partial charge in [0.05, 0.1) is 10.5 Å². The molecule has 0 saturated heterocycles. The van der Waals surface area contributed by atoms with E-state index in [1.54, 1.807) is 0 Å². The summed E-state index contributed by atoms with van der Waals surface area (Å²) in [4.78, 5) is 12.2. The number of nitrogens with zero attached hydrogens (tertiary/aromatic N) is 2. The molecule has 0 atom stereocenters. The highest BCUT2D eigenvalue weighted by atomic mass is 16.6. The van der Waals surface area contributed by atoms with Gasteiger partial charge < -0.3 is 4.57 Å². The van der Waals surface area contributed by atoms with E-state index in [4.69, 9.17) is 0 Å². The van der Waals surface area contributed by atoms with Gasteiger partial charge in [-0.05, 0) is 35.7 Å². The monoisotopic (exact) mass is 392 g/mol. The summed E-state index contributed by atoms with van der Waals surface area (Å²) < 4.78 is 2.09. The standard InChI is InChI=1S/C26H20N2O2/c1-18-16-22(20-12-6-3-7-13-20)25(28(29)30)26-24(18)21-14-8-9-15-23(21)27(26)17-19-10-4-2-5-11-19/h2-16H,17H2,1H3. The molecule has 4 aromatic carbocycles. The SMILES string of the molecule is Cc1cc(-c2ccccc2)c([N+](=O)[O-])c2c1c1ccccc1n2Cc1ccccc1. The largest absolute Gasteiger partial charge is 0.330 e. The number of para-hydroxylation sites is 1. The van der Waals surface area contributed by atoms with Gasteiger partial charge in [0.1, 0.15) is 5.52 Å². The van der Waals surface area contributed by atoms with Crippen LogP contribution in [0.4, 0.5) is 5.69 Å². The highest BCUT2D eigenvalue weighted by Gasteiger charge is 2.27. The number of aromatic nitrogens is 1. The van der Waals surface area contributed by atoms with Crippen LogP contribution < -0.4 is 0 Å². The number of nitro groups is 1. The lowest BCUT2D eigenvalue weighted by Crippen LogP contribution is -2.03. The van der Waals surface area contributed by atoms with E-state index in [2.05, 4.69) is 22.8 Å². The van der Waals surface area contributed by atoms with Gasteiger partial charge in [0.2, 0.25) is 0 Å². The summed E-state index contributed by atoms with van der Waals surface area (Å²) in [6.07, 6.45) is 0. The first-order chi connectivity index (χ1) is 14.6. The average molecular weight is 392 g/mol. The van der Waals surface area contributed by atoms with Crippen LogP contribution in [0.2, 0.25) is 0 Å². The normalized spacial score (nSPS) is 11.2. The smallest absolute Gasteiger partial charge is 0.301 e. The van der Waals surface area contributed by atoms with Crippen LogP contribution in [0.15, 0.2) is 91.0 Å². The van der Waals surface area contributed by atoms with Gasteiger partial charge in [-0.3, -0.25) is 10.1 Å². The second-order valence-electron chi connectivity index (χ2n) is 7.53. The molecule has 1 heterocycles. The molecule has 0 N–H and O–H groups in total.